The van der Waals surface area contributed by atoms with Gasteiger partial charge < -0.3 is 29.3 Å². The van der Waals surface area contributed by atoms with Gasteiger partial charge in [-0.2, -0.15) is 4.98 Å². The number of hydrogen-bond acceptors (Lipinski definition) is 9. The quantitative estimate of drug-likeness (QED) is 0.165. The van der Waals surface area contributed by atoms with Gasteiger partial charge >= 0.3 is 6.09 Å². The highest BCUT2D eigenvalue weighted by molar-refractivity contribution is 5.94. The number of anilines is 3. The lowest BCUT2D eigenvalue weighted by atomic mass is 9.97. The lowest BCUT2D eigenvalue weighted by Gasteiger charge is -2.23. The minimum Gasteiger partial charge on any atom is -0.497 e. The lowest BCUT2D eigenvalue weighted by Crippen LogP contribution is -2.36. The first-order valence-electron chi connectivity index (χ1n) is 16.0. The second-order valence-corrected chi connectivity index (χ2v) is 11.5. The molecular formula is C37H46N6O5. The maximum atomic E-state index is 13.4. The molecule has 0 bridgehead atoms. The van der Waals surface area contributed by atoms with E-state index in [0.29, 0.717) is 40.7 Å². The van der Waals surface area contributed by atoms with Gasteiger partial charge in [-0.1, -0.05) is 26.0 Å². The molecule has 0 unspecified atom stereocenters. The van der Waals surface area contributed by atoms with E-state index in [1.54, 1.807) is 74.7 Å². The normalized spacial score (nSPS) is 10.9. The molecule has 11 heteroatoms. The van der Waals surface area contributed by atoms with E-state index in [1.165, 1.54) is 10.5 Å². The highest BCUT2D eigenvalue weighted by atomic mass is 16.6. The molecule has 0 aliphatic rings. The molecule has 0 saturated carbocycles. The number of methoxy groups -OCH3 is 2. The van der Waals surface area contributed by atoms with Gasteiger partial charge in [-0.25, -0.2) is 9.78 Å². The largest absolute Gasteiger partial charge is 0.497 e. The third-order valence-corrected chi connectivity index (χ3v) is 8.61. The molecule has 0 fully saturated rings. The maximum Gasteiger partial charge on any atom is 0.420 e. The first-order valence-corrected chi connectivity index (χ1v) is 16.0. The fourth-order valence-corrected chi connectivity index (χ4v) is 5.13. The van der Waals surface area contributed by atoms with Crippen molar-refractivity contribution in [2.24, 2.45) is 0 Å². The van der Waals surface area contributed by atoms with Crippen LogP contribution in [0.4, 0.5) is 22.1 Å². The number of nitrogens with one attached hydrogen (secondary N) is 1. The molecule has 1 heterocycles. The molecule has 2 amide bonds. The van der Waals surface area contributed by atoms with Gasteiger partial charge in [-0.05, 0) is 74.8 Å². The zero-order chi connectivity index (χ0) is 35.0. The van der Waals surface area contributed by atoms with Crippen LogP contribution >= 0.6 is 0 Å². The second-order valence-electron chi connectivity index (χ2n) is 11.5. The minimum absolute atomic E-state index is 0.0517. The van der Waals surface area contributed by atoms with Crippen molar-refractivity contribution in [3.05, 3.63) is 82.9 Å². The summed E-state index contributed by atoms with van der Waals surface area (Å²) in [6.07, 6.45) is -0.661. The van der Waals surface area contributed by atoms with Crippen LogP contribution in [0, 0.1) is 20.8 Å². The number of ether oxygens (including phenoxy) is 3. The average Bonchev–Trinajstić information content (AvgIpc) is 3.10. The Balaban J connectivity index is 1.61. The van der Waals surface area contributed by atoms with Crippen LogP contribution in [-0.2, 0) is 0 Å². The van der Waals surface area contributed by atoms with Crippen LogP contribution in [-0.4, -0.2) is 86.3 Å². The number of carbonyl (C=O) groups excluding carboxylic acids is 2. The van der Waals surface area contributed by atoms with Gasteiger partial charge in [0.05, 0.1) is 25.6 Å². The summed E-state index contributed by atoms with van der Waals surface area (Å²) in [5.41, 5.74) is 6.61. The van der Waals surface area contributed by atoms with Crippen molar-refractivity contribution in [2.45, 2.75) is 34.6 Å². The Morgan fingerprint density at radius 1 is 0.792 bits per heavy atom. The number of nitrogens with zero attached hydrogens (tertiary/aromatic N) is 5. The Morgan fingerprint density at radius 2 is 1.44 bits per heavy atom. The van der Waals surface area contributed by atoms with E-state index in [4.69, 9.17) is 19.2 Å². The Hall–Kier alpha value is -5.16. The summed E-state index contributed by atoms with van der Waals surface area (Å²) in [6, 6.07) is 18.0. The number of carbonyl (C=O) groups is 2. The Morgan fingerprint density at radius 3 is 2.04 bits per heavy atom. The maximum absolute atomic E-state index is 13.4. The van der Waals surface area contributed by atoms with E-state index in [0.717, 1.165) is 36.3 Å². The standard InChI is InChI=1S/C37H46N6O5/c1-10-43(11-2)19-18-41(6)35(44)27-13-15-28(16-14-27)38-36-39-33(32-17-12-24(3)25(4)26(32)5)23-34(40-36)48-37(45)42(7)29-20-30(46-8)22-31(21-29)47-9/h12-17,20-23H,10-11,18-19H2,1-9H3,(H,38,39,40). The number of aryl methyl sites for hydroxylation is 1. The topological polar surface area (TPSA) is 109 Å². The number of likely N-dealkylation sites (N-methyl/N-ethyl adjacent to an activating group) is 2. The summed E-state index contributed by atoms with van der Waals surface area (Å²) in [7, 11) is 6.49. The summed E-state index contributed by atoms with van der Waals surface area (Å²) in [5.74, 6) is 1.31. The third kappa shape index (κ3) is 8.60. The number of hydrogen-bond donors (Lipinski definition) is 1. The molecule has 1 N–H and O–H groups in total. The highest BCUT2D eigenvalue weighted by Gasteiger charge is 2.19. The van der Waals surface area contributed by atoms with Crippen molar-refractivity contribution in [1.29, 1.82) is 0 Å². The lowest BCUT2D eigenvalue weighted by molar-refractivity contribution is 0.0779. The summed E-state index contributed by atoms with van der Waals surface area (Å²) in [6.45, 7) is 13.7. The molecule has 0 radical (unpaired) electrons. The van der Waals surface area contributed by atoms with Gasteiger partial charge in [-0.15, -0.1) is 0 Å². The third-order valence-electron chi connectivity index (χ3n) is 8.61. The molecule has 0 saturated heterocycles. The first-order chi connectivity index (χ1) is 23.0. The van der Waals surface area contributed by atoms with Crippen molar-refractivity contribution in [2.75, 3.05) is 64.7 Å². The number of amides is 2. The summed E-state index contributed by atoms with van der Waals surface area (Å²) >= 11 is 0. The van der Waals surface area contributed by atoms with Crippen molar-refractivity contribution >= 4 is 29.3 Å². The van der Waals surface area contributed by atoms with Crippen molar-refractivity contribution < 1.29 is 23.8 Å². The molecule has 1 aromatic heterocycles. The van der Waals surface area contributed by atoms with E-state index in [2.05, 4.69) is 42.9 Å². The zero-order valence-electron chi connectivity index (χ0n) is 29.4. The van der Waals surface area contributed by atoms with Gasteiger partial charge in [0, 0.05) is 68.3 Å². The Bertz CT molecular complexity index is 1720. The van der Waals surface area contributed by atoms with Crippen LogP contribution in [0.15, 0.2) is 60.7 Å². The molecule has 4 rings (SSSR count). The molecule has 254 valence electrons. The summed E-state index contributed by atoms with van der Waals surface area (Å²) < 4.78 is 16.5. The van der Waals surface area contributed by atoms with Gasteiger partial charge in [0.15, 0.2) is 0 Å². The number of benzene rings is 3. The molecule has 0 aliphatic carbocycles. The molecule has 0 atom stereocenters. The molecule has 4 aromatic rings. The second kappa shape index (κ2) is 16.1. The van der Waals surface area contributed by atoms with E-state index in [1.807, 2.05) is 26.1 Å². The number of rotatable bonds is 13. The Labute approximate surface area is 283 Å². The Kier molecular flexibility index (Phi) is 12.0. The van der Waals surface area contributed by atoms with Crippen LogP contribution < -0.4 is 24.4 Å². The van der Waals surface area contributed by atoms with Gasteiger partial charge in [0.1, 0.15) is 11.5 Å². The predicted octanol–water partition coefficient (Wildman–Crippen LogP) is 6.88. The summed E-state index contributed by atoms with van der Waals surface area (Å²) in [5, 5.41) is 3.22. The van der Waals surface area contributed by atoms with Crippen LogP contribution in [0.1, 0.15) is 40.9 Å². The van der Waals surface area contributed by atoms with Gasteiger partial charge in [0.2, 0.25) is 11.8 Å². The zero-order valence-corrected chi connectivity index (χ0v) is 29.4. The molecule has 0 aliphatic heterocycles. The number of aromatic nitrogens is 2. The van der Waals surface area contributed by atoms with Gasteiger partial charge in [-0.3, -0.25) is 9.69 Å². The average molecular weight is 655 g/mol. The fourth-order valence-electron chi connectivity index (χ4n) is 5.13. The highest BCUT2D eigenvalue weighted by Crippen LogP contribution is 2.31. The molecule has 11 nitrogen and oxygen atoms in total. The van der Waals surface area contributed by atoms with Gasteiger partial charge in [0.25, 0.3) is 5.91 Å². The SMILES string of the molecule is CCN(CC)CCN(C)C(=O)c1ccc(Nc2nc(OC(=O)N(C)c3cc(OC)cc(OC)c3)cc(-c3ccc(C)c(C)c3C)n2)cc1. The van der Waals surface area contributed by atoms with Crippen molar-refractivity contribution in [3.63, 3.8) is 0 Å². The van der Waals surface area contributed by atoms with Crippen LogP contribution in [0.5, 0.6) is 17.4 Å². The van der Waals surface area contributed by atoms with Crippen LogP contribution in [0.3, 0.4) is 0 Å². The molecular weight excluding hydrogens is 608 g/mol. The molecule has 0 spiro atoms. The van der Waals surface area contributed by atoms with E-state index in [-0.39, 0.29) is 17.7 Å². The summed E-state index contributed by atoms with van der Waals surface area (Å²) in [4.78, 5) is 41.1. The van der Waals surface area contributed by atoms with E-state index >= 15 is 0 Å². The van der Waals surface area contributed by atoms with Crippen LogP contribution in [0.25, 0.3) is 11.3 Å². The molecule has 48 heavy (non-hydrogen) atoms. The molecule has 3 aromatic carbocycles. The van der Waals surface area contributed by atoms with E-state index < -0.39 is 6.09 Å². The van der Waals surface area contributed by atoms with Crippen LogP contribution in [0.2, 0.25) is 0 Å². The minimum atomic E-state index is -0.661. The fraction of sp³-hybridized carbons (Fsp3) is 0.351. The monoisotopic (exact) mass is 654 g/mol. The predicted molar refractivity (Wildman–Crippen MR) is 190 cm³/mol. The van der Waals surface area contributed by atoms with E-state index in [9.17, 15) is 9.59 Å². The van der Waals surface area contributed by atoms with Crippen molar-refractivity contribution in [3.8, 4) is 28.6 Å². The smallest absolute Gasteiger partial charge is 0.420 e. The first kappa shape index (κ1) is 35.7. The van der Waals surface area contributed by atoms with Crippen molar-refractivity contribution in [1.82, 2.24) is 19.8 Å².